The van der Waals surface area contributed by atoms with Crippen LogP contribution in [0.1, 0.15) is 5.56 Å². The third-order valence-corrected chi connectivity index (χ3v) is 4.21. The van der Waals surface area contributed by atoms with E-state index in [1.807, 2.05) is 0 Å². The lowest BCUT2D eigenvalue weighted by molar-refractivity contribution is -0.152. The van der Waals surface area contributed by atoms with Gasteiger partial charge in [-0.1, -0.05) is 11.6 Å². The highest BCUT2D eigenvalue weighted by molar-refractivity contribution is 6.30. The fraction of sp³-hybridized carbons (Fsp3) is 0.263. The van der Waals surface area contributed by atoms with E-state index in [9.17, 15) is 18.4 Å². The Morgan fingerprint density at radius 3 is 2.68 bits per heavy atom. The summed E-state index contributed by atoms with van der Waals surface area (Å²) in [6.45, 7) is -3.25. The molecule has 148 valence electrons. The van der Waals surface area contributed by atoms with Gasteiger partial charge in [-0.25, -0.2) is 0 Å². The molecule has 0 saturated heterocycles. The van der Waals surface area contributed by atoms with Crippen molar-refractivity contribution in [3.63, 3.8) is 0 Å². The van der Waals surface area contributed by atoms with Crippen molar-refractivity contribution in [3.8, 4) is 11.5 Å². The second-order valence-electron chi connectivity index (χ2n) is 6.02. The smallest absolute Gasteiger partial charge is 0.387 e. The van der Waals surface area contributed by atoms with Gasteiger partial charge in [0.2, 0.25) is 0 Å². The summed E-state index contributed by atoms with van der Waals surface area (Å²) in [6.07, 6.45) is 0.405. The average molecular weight is 412 g/mol. The summed E-state index contributed by atoms with van der Waals surface area (Å²) in [6, 6.07) is 10.5. The number of alkyl halides is 2. The molecule has 0 fully saturated rings. The van der Waals surface area contributed by atoms with Crippen LogP contribution in [-0.2, 0) is 20.7 Å². The van der Waals surface area contributed by atoms with Crippen molar-refractivity contribution in [1.29, 1.82) is 0 Å². The Hall–Kier alpha value is -2.87. The van der Waals surface area contributed by atoms with Crippen LogP contribution in [0.2, 0.25) is 5.02 Å². The van der Waals surface area contributed by atoms with Crippen LogP contribution in [0.5, 0.6) is 11.5 Å². The number of ether oxygens (including phenoxy) is 3. The molecule has 6 nitrogen and oxygen atoms in total. The van der Waals surface area contributed by atoms with Gasteiger partial charge in [-0.2, -0.15) is 8.78 Å². The fourth-order valence-electron chi connectivity index (χ4n) is 2.69. The van der Waals surface area contributed by atoms with Crippen LogP contribution in [0.25, 0.3) is 0 Å². The van der Waals surface area contributed by atoms with Crippen molar-refractivity contribution in [2.75, 3.05) is 18.5 Å². The first-order valence-electron chi connectivity index (χ1n) is 8.33. The fourth-order valence-corrected chi connectivity index (χ4v) is 2.88. The second kappa shape index (κ2) is 8.88. The van der Waals surface area contributed by atoms with Gasteiger partial charge >= 0.3 is 12.6 Å². The van der Waals surface area contributed by atoms with E-state index in [0.29, 0.717) is 22.9 Å². The van der Waals surface area contributed by atoms with Crippen LogP contribution in [-0.4, -0.2) is 31.7 Å². The molecule has 1 aliphatic rings. The summed E-state index contributed by atoms with van der Waals surface area (Å²) < 4.78 is 39.0. The number of halogens is 3. The molecular weight excluding hydrogens is 396 g/mol. The maximum atomic E-state index is 12.2. The van der Waals surface area contributed by atoms with Gasteiger partial charge in [0.05, 0.1) is 5.92 Å². The number of fused-ring (bicyclic) bond motifs is 1. The molecule has 1 aliphatic heterocycles. The lowest BCUT2D eigenvalue weighted by Crippen LogP contribution is -2.31. The summed E-state index contributed by atoms with van der Waals surface area (Å²) in [5.74, 6) is -1.01. The van der Waals surface area contributed by atoms with Crippen molar-refractivity contribution < 1.29 is 32.6 Å². The lowest BCUT2D eigenvalue weighted by atomic mass is 9.97. The Morgan fingerprint density at radius 2 is 1.96 bits per heavy atom. The monoisotopic (exact) mass is 411 g/mol. The molecule has 0 unspecified atom stereocenters. The normalized spacial score (nSPS) is 15.4. The Kier molecular flexibility index (Phi) is 6.30. The molecule has 1 N–H and O–H groups in total. The van der Waals surface area contributed by atoms with E-state index >= 15 is 0 Å². The van der Waals surface area contributed by atoms with E-state index in [1.165, 1.54) is 24.3 Å². The number of hydrogen-bond donors (Lipinski definition) is 1. The molecule has 1 heterocycles. The average Bonchev–Trinajstić information content (AvgIpc) is 2.66. The first-order chi connectivity index (χ1) is 13.4. The zero-order valence-corrected chi connectivity index (χ0v) is 15.2. The van der Waals surface area contributed by atoms with Crippen LogP contribution >= 0.6 is 11.6 Å². The predicted molar refractivity (Wildman–Crippen MR) is 96.8 cm³/mol. The van der Waals surface area contributed by atoms with E-state index in [4.69, 9.17) is 21.1 Å². The maximum absolute atomic E-state index is 12.2. The lowest BCUT2D eigenvalue weighted by Gasteiger charge is -2.24. The molecule has 2 aromatic rings. The second-order valence-corrected chi connectivity index (χ2v) is 6.46. The molecule has 1 atom stereocenters. The molecule has 1 amide bonds. The molecule has 0 radical (unpaired) electrons. The Balaban J connectivity index is 1.47. The van der Waals surface area contributed by atoms with Gasteiger partial charge in [-0.3, -0.25) is 9.59 Å². The van der Waals surface area contributed by atoms with E-state index in [2.05, 4.69) is 10.1 Å². The van der Waals surface area contributed by atoms with Gasteiger partial charge in [-0.15, -0.1) is 0 Å². The van der Waals surface area contributed by atoms with E-state index in [0.717, 1.165) is 5.56 Å². The Labute approximate surface area is 164 Å². The number of carbonyl (C=O) groups excluding carboxylic acids is 2. The van der Waals surface area contributed by atoms with Gasteiger partial charge in [0.1, 0.15) is 18.1 Å². The van der Waals surface area contributed by atoms with E-state index in [-0.39, 0.29) is 12.4 Å². The highest BCUT2D eigenvalue weighted by atomic mass is 35.5. The summed E-state index contributed by atoms with van der Waals surface area (Å²) >= 11 is 5.95. The van der Waals surface area contributed by atoms with Gasteiger partial charge in [0, 0.05) is 10.7 Å². The van der Waals surface area contributed by atoms with Crippen molar-refractivity contribution in [2.45, 2.75) is 13.0 Å². The number of anilines is 1. The molecule has 0 bridgehead atoms. The minimum absolute atomic E-state index is 0.0305. The number of hydrogen-bond acceptors (Lipinski definition) is 5. The number of benzene rings is 2. The molecule has 0 saturated carbocycles. The third-order valence-electron chi connectivity index (χ3n) is 3.97. The van der Waals surface area contributed by atoms with Crippen LogP contribution < -0.4 is 14.8 Å². The van der Waals surface area contributed by atoms with Crippen molar-refractivity contribution >= 4 is 29.2 Å². The molecular formula is C19H16ClF2NO5. The van der Waals surface area contributed by atoms with Gasteiger partial charge in [-0.05, 0) is 54.4 Å². The third kappa shape index (κ3) is 5.32. The summed E-state index contributed by atoms with van der Waals surface area (Å²) in [4.78, 5) is 24.1. The predicted octanol–water partition coefficient (Wildman–Crippen LogP) is 3.67. The van der Waals surface area contributed by atoms with Crippen LogP contribution in [0.3, 0.4) is 0 Å². The van der Waals surface area contributed by atoms with Crippen molar-refractivity contribution in [1.82, 2.24) is 0 Å². The van der Waals surface area contributed by atoms with Crippen LogP contribution in [0.15, 0.2) is 42.5 Å². The first kappa shape index (κ1) is 19.9. The number of amides is 1. The van der Waals surface area contributed by atoms with Crippen LogP contribution in [0.4, 0.5) is 14.5 Å². The zero-order chi connectivity index (χ0) is 20.1. The zero-order valence-electron chi connectivity index (χ0n) is 14.5. The maximum Gasteiger partial charge on any atom is 0.387 e. The number of rotatable bonds is 6. The van der Waals surface area contributed by atoms with Gasteiger partial charge < -0.3 is 19.5 Å². The van der Waals surface area contributed by atoms with E-state index < -0.39 is 31.0 Å². The largest absolute Gasteiger partial charge is 0.492 e. The van der Waals surface area contributed by atoms with Gasteiger partial charge in [0.15, 0.2) is 6.61 Å². The van der Waals surface area contributed by atoms with Gasteiger partial charge in [0.25, 0.3) is 5.91 Å². The summed E-state index contributed by atoms with van der Waals surface area (Å²) in [7, 11) is 0. The standard InChI is InChI=1S/C19H16ClF2NO5/c20-13-1-6-16-11(8-13)7-12(9-26-16)18(25)27-10-17(24)23-14-2-4-15(5-3-14)28-19(21)22/h1-6,8,12,19H,7,9-10H2,(H,23,24)/t12-/m0/s1. The molecule has 28 heavy (non-hydrogen) atoms. The Morgan fingerprint density at radius 1 is 1.21 bits per heavy atom. The first-order valence-corrected chi connectivity index (χ1v) is 8.71. The van der Waals surface area contributed by atoms with Crippen LogP contribution in [0, 0.1) is 5.92 Å². The number of nitrogens with one attached hydrogen (secondary N) is 1. The van der Waals surface area contributed by atoms with Crippen molar-refractivity contribution in [3.05, 3.63) is 53.1 Å². The molecule has 2 aromatic carbocycles. The van der Waals surface area contributed by atoms with E-state index in [1.54, 1.807) is 18.2 Å². The molecule has 9 heteroatoms. The molecule has 0 spiro atoms. The number of esters is 1. The molecule has 0 aliphatic carbocycles. The minimum atomic E-state index is -2.92. The molecule has 0 aromatic heterocycles. The SMILES string of the molecule is O=C(COC(=O)[C@@H]1COc2ccc(Cl)cc2C1)Nc1ccc(OC(F)F)cc1. The quantitative estimate of drug-likeness (QED) is 0.734. The highest BCUT2D eigenvalue weighted by Crippen LogP contribution is 2.30. The summed E-state index contributed by atoms with van der Waals surface area (Å²) in [5, 5.41) is 3.04. The van der Waals surface area contributed by atoms with Crippen molar-refractivity contribution in [2.24, 2.45) is 5.92 Å². The summed E-state index contributed by atoms with van der Waals surface area (Å²) in [5.41, 5.74) is 1.16. The number of carbonyl (C=O) groups is 2. The highest BCUT2D eigenvalue weighted by Gasteiger charge is 2.28. The Bertz CT molecular complexity index is 860. The topological polar surface area (TPSA) is 73.9 Å². The molecule has 3 rings (SSSR count). The minimum Gasteiger partial charge on any atom is -0.492 e.